The van der Waals surface area contributed by atoms with Crippen molar-refractivity contribution in [2.75, 3.05) is 0 Å². The van der Waals surface area contributed by atoms with Crippen molar-refractivity contribution in [1.82, 2.24) is 10.2 Å². The maximum Gasteiger partial charge on any atom is 0.416 e. The second-order valence-electron chi connectivity index (χ2n) is 5.07. The molecule has 1 heterocycles. The molecule has 0 saturated carbocycles. The number of benzene rings is 1. The summed E-state index contributed by atoms with van der Waals surface area (Å²) in [7, 11) is 0. The van der Waals surface area contributed by atoms with Gasteiger partial charge in [0.2, 0.25) is 0 Å². The largest absolute Gasteiger partial charge is 0.416 e. The molecule has 6 heteroatoms. The third-order valence-corrected chi connectivity index (χ3v) is 3.41. The van der Waals surface area contributed by atoms with Gasteiger partial charge < -0.3 is 5.73 Å². The Kier molecular flexibility index (Phi) is 4.00. The third kappa shape index (κ3) is 3.21. The summed E-state index contributed by atoms with van der Waals surface area (Å²) in [5.41, 5.74) is 8.84. The molecule has 1 atom stereocenters. The number of aromatic nitrogens is 2. The molecule has 0 aliphatic carbocycles. The second kappa shape index (κ2) is 5.44. The first-order chi connectivity index (χ1) is 9.70. The molecule has 0 fully saturated rings. The van der Waals surface area contributed by atoms with E-state index in [2.05, 4.69) is 10.2 Å². The van der Waals surface area contributed by atoms with Crippen molar-refractivity contribution in [3.8, 4) is 0 Å². The summed E-state index contributed by atoms with van der Waals surface area (Å²) in [6.07, 6.45) is -4.35. The van der Waals surface area contributed by atoms with Gasteiger partial charge in [-0.25, -0.2) is 0 Å². The van der Waals surface area contributed by atoms with Gasteiger partial charge in [0.05, 0.1) is 23.0 Å². The first-order valence-electron chi connectivity index (χ1n) is 6.44. The molecule has 21 heavy (non-hydrogen) atoms. The Morgan fingerprint density at radius 1 is 1.00 bits per heavy atom. The average molecular weight is 295 g/mol. The maximum atomic E-state index is 12.7. The molecule has 1 aromatic heterocycles. The van der Waals surface area contributed by atoms with E-state index in [0.717, 1.165) is 23.4 Å². The van der Waals surface area contributed by atoms with Crippen LogP contribution in [0.15, 0.2) is 24.3 Å². The summed E-state index contributed by atoms with van der Waals surface area (Å²) in [6.45, 7) is 5.20. The Morgan fingerprint density at radius 2 is 1.67 bits per heavy atom. The minimum absolute atomic E-state index is 0.506. The number of nitrogens with two attached hydrogens (primary N) is 1. The molecule has 112 valence electrons. The number of hydrogen-bond donors (Lipinski definition) is 1. The molecule has 2 N–H and O–H groups in total. The minimum atomic E-state index is -4.35. The van der Waals surface area contributed by atoms with Gasteiger partial charge in [-0.15, -0.1) is 0 Å². The Hall–Kier alpha value is -1.95. The van der Waals surface area contributed by atoms with Crippen molar-refractivity contribution < 1.29 is 13.2 Å². The Balaban J connectivity index is 2.44. The number of aryl methyl sites for hydroxylation is 3. The lowest BCUT2D eigenvalue weighted by Crippen LogP contribution is -2.17. The van der Waals surface area contributed by atoms with Crippen LogP contribution in [0.4, 0.5) is 13.2 Å². The lowest BCUT2D eigenvalue weighted by Gasteiger charge is -2.18. The normalized spacial score (nSPS) is 13.3. The van der Waals surface area contributed by atoms with E-state index in [1.807, 2.05) is 6.07 Å². The molecule has 1 aromatic carbocycles. The lowest BCUT2D eigenvalue weighted by atomic mass is 9.93. The van der Waals surface area contributed by atoms with E-state index in [0.29, 0.717) is 16.8 Å². The summed E-state index contributed by atoms with van der Waals surface area (Å²) in [5, 5.41) is 7.93. The molecular weight excluding hydrogens is 279 g/mol. The molecule has 0 bridgehead atoms. The number of alkyl halides is 3. The van der Waals surface area contributed by atoms with Crippen LogP contribution in [0.25, 0.3) is 0 Å². The summed E-state index contributed by atoms with van der Waals surface area (Å²) in [5.74, 6) is 0. The lowest BCUT2D eigenvalue weighted by molar-refractivity contribution is -0.137. The van der Waals surface area contributed by atoms with Gasteiger partial charge in [0.1, 0.15) is 0 Å². The SMILES string of the molecule is Cc1cc(C(N)c2ccc(C(F)(F)F)cc2C)c(C)nn1. The van der Waals surface area contributed by atoms with E-state index in [9.17, 15) is 13.2 Å². The van der Waals surface area contributed by atoms with E-state index in [4.69, 9.17) is 5.73 Å². The summed E-state index contributed by atoms with van der Waals surface area (Å²) in [6, 6.07) is 4.88. The van der Waals surface area contributed by atoms with E-state index in [1.165, 1.54) is 6.07 Å². The van der Waals surface area contributed by atoms with Gasteiger partial charge in [-0.05, 0) is 55.7 Å². The molecule has 2 rings (SSSR count). The molecule has 3 nitrogen and oxygen atoms in total. The fourth-order valence-corrected chi connectivity index (χ4v) is 2.25. The summed E-state index contributed by atoms with van der Waals surface area (Å²) < 4.78 is 38.1. The van der Waals surface area contributed by atoms with E-state index < -0.39 is 17.8 Å². The number of halogens is 3. The van der Waals surface area contributed by atoms with Gasteiger partial charge in [-0.2, -0.15) is 23.4 Å². The third-order valence-electron chi connectivity index (χ3n) is 3.41. The minimum Gasteiger partial charge on any atom is -0.320 e. The van der Waals surface area contributed by atoms with Crippen molar-refractivity contribution in [2.24, 2.45) is 5.73 Å². The molecule has 0 amide bonds. The smallest absolute Gasteiger partial charge is 0.320 e. The summed E-state index contributed by atoms with van der Waals surface area (Å²) in [4.78, 5) is 0. The molecule has 0 aliphatic heterocycles. The molecule has 0 aliphatic rings. The van der Waals surface area contributed by atoms with Crippen molar-refractivity contribution in [3.05, 3.63) is 57.9 Å². The number of rotatable bonds is 2. The van der Waals surface area contributed by atoms with Crippen molar-refractivity contribution in [1.29, 1.82) is 0 Å². The maximum absolute atomic E-state index is 12.7. The first kappa shape index (κ1) is 15.4. The highest BCUT2D eigenvalue weighted by Gasteiger charge is 2.31. The Bertz CT molecular complexity index is 666. The average Bonchev–Trinajstić information content (AvgIpc) is 2.39. The van der Waals surface area contributed by atoms with Crippen molar-refractivity contribution in [3.63, 3.8) is 0 Å². The van der Waals surface area contributed by atoms with E-state index in [-0.39, 0.29) is 0 Å². The Morgan fingerprint density at radius 3 is 2.24 bits per heavy atom. The predicted octanol–water partition coefficient (Wildman–Crippen LogP) is 3.47. The van der Waals surface area contributed by atoms with Crippen LogP contribution >= 0.6 is 0 Å². The van der Waals surface area contributed by atoms with Crippen LogP contribution in [-0.4, -0.2) is 10.2 Å². The highest BCUT2D eigenvalue weighted by atomic mass is 19.4. The zero-order valence-electron chi connectivity index (χ0n) is 12.0. The predicted molar refractivity (Wildman–Crippen MR) is 73.7 cm³/mol. The standard InChI is InChI=1S/C15H16F3N3/c1-8-6-11(15(16,17)18)4-5-12(8)14(19)13-7-9(2)20-21-10(13)3/h4-7,14H,19H2,1-3H3. The highest BCUT2D eigenvalue weighted by Crippen LogP contribution is 2.32. The fraction of sp³-hybridized carbons (Fsp3) is 0.333. The summed E-state index contributed by atoms with van der Waals surface area (Å²) >= 11 is 0. The molecule has 0 spiro atoms. The second-order valence-corrected chi connectivity index (χ2v) is 5.07. The van der Waals surface area contributed by atoms with Crippen molar-refractivity contribution >= 4 is 0 Å². The van der Waals surface area contributed by atoms with Crippen LogP contribution in [0.1, 0.15) is 39.7 Å². The monoisotopic (exact) mass is 295 g/mol. The first-order valence-corrected chi connectivity index (χ1v) is 6.44. The van der Waals surface area contributed by atoms with Gasteiger partial charge in [-0.1, -0.05) is 6.07 Å². The van der Waals surface area contributed by atoms with Crippen LogP contribution in [0.5, 0.6) is 0 Å². The molecule has 0 saturated heterocycles. The highest BCUT2D eigenvalue weighted by molar-refractivity contribution is 5.40. The van der Waals surface area contributed by atoms with Gasteiger partial charge >= 0.3 is 6.18 Å². The van der Waals surface area contributed by atoms with Gasteiger partial charge in [0.15, 0.2) is 0 Å². The molecule has 2 aromatic rings. The van der Waals surface area contributed by atoms with Crippen LogP contribution in [0.2, 0.25) is 0 Å². The Labute approximate surface area is 121 Å². The zero-order chi connectivity index (χ0) is 15.8. The van der Waals surface area contributed by atoms with Crippen LogP contribution in [-0.2, 0) is 6.18 Å². The molecule has 0 radical (unpaired) electrons. The van der Waals surface area contributed by atoms with E-state index >= 15 is 0 Å². The number of hydrogen-bond acceptors (Lipinski definition) is 3. The fourth-order valence-electron chi connectivity index (χ4n) is 2.25. The topological polar surface area (TPSA) is 51.8 Å². The van der Waals surface area contributed by atoms with Gasteiger partial charge in [0.25, 0.3) is 0 Å². The van der Waals surface area contributed by atoms with Crippen molar-refractivity contribution in [2.45, 2.75) is 33.0 Å². The van der Waals surface area contributed by atoms with Crippen LogP contribution in [0.3, 0.4) is 0 Å². The van der Waals surface area contributed by atoms with Gasteiger partial charge in [0, 0.05) is 0 Å². The zero-order valence-corrected chi connectivity index (χ0v) is 12.0. The molecule has 1 unspecified atom stereocenters. The quantitative estimate of drug-likeness (QED) is 0.923. The van der Waals surface area contributed by atoms with Crippen LogP contribution < -0.4 is 5.73 Å². The number of nitrogens with zero attached hydrogens (tertiary/aromatic N) is 2. The molecular formula is C15H16F3N3. The van der Waals surface area contributed by atoms with Crippen LogP contribution in [0, 0.1) is 20.8 Å². The van der Waals surface area contributed by atoms with Gasteiger partial charge in [-0.3, -0.25) is 0 Å². The van der Waals surface area contributed by atoms with E-state index in [1.54, 1.807) is 20.8 Å².